The van der Waals surface area contributed by atoms with E-state index in [0.29, 0.717) is 34.3 Å². The molecule has 3 heterocycles. The molecule has 0 amide bonds. The van der Waals surface area contributed by atoms with Crippen LogP contribution in [0.15, 0.2) is 48.7 Å². The monoisotopic (exact) mass is 510 g/mol. The molecular formula is C26H25F3N6O2. The molecular weight excluding hydrogens is 485 g/mol. The molecule has 11 heteroatoms. The number of hydrogen-bond acceptors (Lipinski definition) is 7. The second-order valence-electron chi connectivity index (χ2n) is 9.11. The molecule has 1 atom stereocenters. The first-order valence-corrected chi connectivity index (χ1v) is 11.9. The maximum absolute atomic E-state index is 13.1. The van der Waals surface area contributed by atoms with E-state index < -0.39 is 17.7 Å². The van der Waals surface area contributed by atoms with Crippen molar-refractivity contribution in [2.24, 2.45) is 5.92 Å². The molecule has 1 aromatic carbocycles. The quantitative estimate of drug-likeness (QED) is 0.335. The molecule has 192 valence electrons. The highest BCUT2D eigenvalue weighted by molar-refractivity contribution is 5.92. The Morgan fingerprint density at radius 2 is 1.89 bits per heavy atom. The van der Waals surface area contributed by atoms with Crippen molar-refractivity contribution in [3.05, 3.63) is 65.6 Å². The van der Waals surface area contributed by atoms with Gasteiger partial charge in [-0.3, -0.25) is 4.98 Å². The highest BCUT2D eigenvalue weighted by Gasteiger charge is 2.30. The van der Waals surface area contributed by atoms with Crippen molar-refractivity contribution in [3.8, 4) is 11.5 Å². The highest BCUT2D eigenvalue weighted by Crippen LogP contribution is 2.34. The van der Waals surface area contributed by atoms with Gasteiger partial charge in [-0.25, -0.2) is 19.7 Å². The minimum Gasteiger partial charge on any atom is -0.463 e. The zero-order valence-electron chi connectivity index (χ0n) is 20.3. The van der Waals surface area contributed by atoms with Crippen LogP contribution in [0.25, 0.3) is 22.7 Å². The molecule has 0 aliphatic heterocycles. The van der Waals surface area contributed by atoms with Crippen molar-refractivity contribution in [2.75, 3.05) is 12.4 Å². The fourth-order valence-corrected chi connectivity index (χ4v) is 4.42. The van der Waals surface area contributed by atoms with E-state index >= 15 is 0 Å². The van der Waals surface area contributed by atoms with Crippen molar-refractivity contribution in [3.63, 3.8) is 0 Å². The molecule has 1 aliphatic rings. The van der Waals surface area contributed by atoms with Gasteiger partial charge in [0.2, 0.25) is 5.82 Å². The lowest BCUT2D eigenvalue weighted by Gasteiger charge is -2.32. The second kappa shape index (κ2) is 9.79. The van der Waals surface area contributed by atoms with E-state index in [2.05, 4.69) is 32.2 Å². The summed E-state index contributed by atoms with van der Waals surface area (Å²) in [6.45, 7) is 2.25. The maximum Gasteiger partial charge on any atom is 0.416 e. The number of fused-ring (bicyclic) bond motifs is 1. The molecule has 0 bridgehead atoms. The highest BCUT2D eigenvalue weighted by atomic mass is 19.4. The van der Waals surface area contributed by atoms with Gasteiger partial charge in [0.25, 0.3) is 0 Å². The predicted octanol–water partition coefficient (Wildman–Crippen LogP) is 5.34. The van der Waals surface area contributed by atoms with Gasteiger partial charge in [0, 0.05) is 18.8 Å². The van der Waals surface area contributed by atoms with E-state index in [-0.39, 0.29) is 24.1 Å². The number of rotatable bonds is 7. The Morgan fingerprint density at radius 1 is 1.14 bits per heavy atom. The van der Waals surface area contributed by atoms with Gasteiger partial charge in [0.1, 0.15) is 11.2 Å². The average Bonchev–Trinajstić information content (AvgIpc) is 3.21. The number of methoxy groups -OCH3 is 1. The molecule has 0 saturated heterocycles. The number of benzene rings is 1. The molecule has 1 aliphatic carbocycles. The maximum atomic E-state index is 13.1. The fraction of sp³-hybridized carbons (Fsp3) is 0.346. The summed E-state index contributed by atoms with van der Waals surface area (Å²) in [5, 5.41) is 3.44. The van der Waals surface area contributed by atoms with E-state index in [1.807, 2.05) is 10.6 Å². The van der Waals surface area contributed by atoms with Crippen molar-refractivity contribution in [1.82, 2.24) is 24.5 Å². The minimum absolute atomic E-state index is 0.0741. The number of nitrogens with zero attached hydrogens (tertiary/aromatic N) is 5. The summed E-state index contributed by atoms with van der Waals surface area (Å²) in [7, 11) is 1.25. The van der Waals surface area contributed by atoms with Crippen LogP contribution in [0.2, 0.25) is 0 Å². The van der Waals surface area contributed by atoms with Crippen LogP contribution in [0.1, 0.15) is 47.9 Å². The largest absolute Gasteiger partial charge is 0.463 e. The lowest BCUT2D eigenvalue weighted by molar-refractivity contribution is -0.137. The van der Waals surface area contributed by atoms with E-state index in [1.54, 1.807) is 18.3 Å². The zero-order chi connectivity index (χ0) is 26.2. The van der Waals surface area contributed by atoms with Gasteiger partial charge < -0.3 is 14.6 Å². The average molecular weight is 511 g/mol. The van der Waals surface area contributed by atoms with Crippen LogP contribution < -0.4 is 5.32 Å². The van der Waals surface area contributed by atoms with Crippen LogP contribution in [0.4, 0.5) is 19.0 Å². The van der Waals surface area contributed by atoms with Gasteiger partial charge in [-0.05, 0) is 55.5 Å². The number of nitrogens with one attached hydrogen (secondary N) is 1. The number of esters is 1. The van der Waals surface area contributed by atoms with E-state index in [9.17, 15) is 18.0 Å². The number of carbonyl (C=O) groups is 1. The fourth-order valence-electron chi connectivity index (χ4n) is 4.42. The first-order valence-electron chi connectivity index (χ1n) is 11.9. The summed E-state index contributed by atoms with van der Waals surface area (Å²) in [6.07, 6.45) is 0.554. The Kier molecular flexibility index (Phi) is 6.53. The standard InChI is InChI=1S/C26H25F3N6O2/c1-15(17-6-5-7-17)31-21-20-22(33-23(32-21)25(36)37-2)34-24(19-8-3-4-13-30-19)35(20)14-16-9-11-18(12-10-16)26(27,28)29/h3-4,8-13,15,17H,5-7,14H2,1-2H3,(H,31,32,33). The summed E-state index contributed by atoms with van der Waals surface area (Å²) in [4.78, 5) is 30.3. The van der Waals surface area contributed by atoms with E-state index in [0.717, 1.165) is 25.0 Å². The third-order valence-electron chi connectivity index (χ3n) is 6.71. The molecule has 1 unspecified atom stereocenters. The van der Waals surface area contributed by atoms with E-state index in [4.69, 9.17) is 4.74 Å². The Hall–Kier alpha value is -4.02. The molecule has 8 nitrogen and oxygen atoms in total. The number of ether oxygens (including phenoxy) is 1. The van der Waals surface area contributed by atoms with Crippen LogP contribution in [-0.2, 0) is 17.5 Å². The van der Waals surface area contributed by atoms with Crippen molar-refractivity contribution in [2.45, 2.75) is 44.9 Å². The number of anilines is 1. The molecule has 0 radical (unpaired) electrons. The lowest BCUT2D eigenvalue weighted by atomic mass is 9.80. The van der Waals surface area contributed by atoms with Crippen LogP contribution in [0, 0.1) is 5.92 Å². The Morgan fingerprint density at radius 3 is 2.49 bits per heavy atom. The summed E-state index contributed by atoms with van der Waals surface area (Å²) < 4.78 is 46.0. The zero-order valence-corrected chi connectivity index (χ0v) is 20.3. The number of alkyl halides is 3. The van der Waals surface area contributed by atoms with Crippen LogP contribution in [-0.4, -0.2) is 43.6 Å². The van der Waals surface area contributed by atoms with Gasteiger partial charge in [0.15, 0.2) is 17.3 Å². The Labute approximate surface area is 210 Å². The number of imidazole rings is 1. The van der Waals surface area contributed by atoms with Crippen molar-refractivity contribution < 1.29 is 22.7 Å². The SMILES string of the molecule is COC(=O)c1nc(NC(C)C2CCC2)c2c(n1)nc(-c1ccccn1)n2Cc1ccc(C(F)(F)F)cc1. The number of halogens is 3. The summed E-state index contributed by atoms with van der Waals surface area (Å²) >= 11 is 0. The molecule has 1 N–H and O–H groups in total. The number of aromatic nitrogens is 5. The molecule has 1 fully saturated rings. The predicted molar refractivity (Wildman–Crippen MR) is 131 cm³/mol. The smallest absolute Gasteiger partial charge is 0.416 e. The van der Waals surface area contributed by atoms with Gasteiger partial charge >= 0.3 is 12.1 Å². The van der Waals surface area contributed by atoms with Gasteiger partial charge in [-0.1, -0.05) is 24.6 Å². The first-order chi connectivity index (χ1) is 17.7. The van der Waals surface area contributed by atoms with Gasteiger partial charge in [0.05, 0.1) is 12.7 Å². The topological polar surface area (TPSA) is 94.8 Å². The van der Waals surface area contributed by atoms with Crippen LogP contribution in [0.3, 0.4) is 0 Å². The van der Waals surface area contributed by atoms with Gasteiger partial charge in [-0.15, -0.1) is 0 Å². The summed E-state index contributed by atoms with van der Waals surface area (Å²) in [5.74, 6) is 0.494. The number of hydrogen-bond donors (Lipinski definition) is 1. The summed E-state index contributed by atoms with van der Waals surface area (Å²) in [5.41, 5.74) is 1.23. The third-order valence-corrected chi connectivity index (χ3v) is 6.71. The third kappa shape index (κ3) is 4.98. The molecule has 0 spiro atoms. The van der Waals surface area contributed by atoms with Crippen molar-refractivity contribution >= 4 is 23.0 Å². The first kappa shape index (κ1) is 24.7. The van der Waals surface area contributed by atoms with Gasteiger partial charge in [-0.2, -0.15) is 13.2 Å². The van der Waals surface area contributed by atoms with Crippen LogP contribution >= 0.6 is 0 Å². The van der Waals surface area contributed by atoms with Crippen molar-refractivity contribution in [1.29, 1.82) is 0 Å². The van der Waals surface area contributed by atoms with E-state index in [1.165, 1.54) is 25.7 Å². The normalized spacial score (nSPS) is 14.8. The number of carbonyl (C=O) groups excluding carboxylic acids is 1. The molecule has 5 rings (SSSR count). The Balaban J connectivity index is 1.67. The second-order valence-corrected chi connectivity index (χ2v) is 9.11. The molecule has 1 saturated carbocycles. The minimum atomic E-state index is -4.42. The molecule has 3 aromatic heterocycles. The lowest BCUT2D eigenvalue weighted by Crippen LogP contribution is -2.31. The molecule has 37 heavy (non-hydrogen) atoms. The molecule has 4 aromatic rings. The number of pyridine rings is 1. The van der Waals surface area contributed by atoms with Crippen LogP contribution in [0.5, 0.6) is 0 Å². The Bertz CT molecular complexity index is 1420. The summed E-state index contributed by atoms with van der Waals surface area (Å²) in [6, 6.07) is 10.4.